The van der Waals surface area contributed by atoms with E-state index < -0.39 is 3.45 Å². The quantitative estimate of drug-likeness (QED) is 0.175. The fourth-order valence-electron chi connectivity index (χ4n) is 4.24. The summed E-state index contributed by atoms with van der Waals surface area (Å²) >= 11 is 24.0. The Morgan fingerprint density at radius 2 is 0.519 bits per heavy atom. The first-order valence-electron chi connectivity index (χ1n) is 11.5. The molecule has 0 aromatic carbocycles. The fourth-order valence-corrected chi connectivity index (χ4v) is 8.79. The fraction of sp³-hybridized carbons (Fsp3) is 1.00. The lowest BCUT2D eigenvalue weighted by Crippen LogP contribution is -2.21. The van der Waals surface area contributed by atoms with E-state index in [9.17, 15) is 0 Å². The van der Waals surface area contributed by atoms with Crippen LogP contribution in [0.5, 0.6) is 0 Å². The molecular weight excluding hydrogens is 445 g/mol. The van der Waals surface area contributed by atoms with Gasteiger partial charge in [0.05, 0.1) is 0 Å². The van der Waals surface area contributed by atoms with Crippen LogP contribution in [0.25, 0.3) is 0 Å². The minimum atomic E-state index is -3.39. The largest absolute Gasteiger partial charge is 0.112 e. The highest BCUT2D eigenvalue weighted by atomic mass is 34.3. The van der Waals surface area contributed by atoms with Crippen LogP contribution in [0.1, 0.15) is 128 Å². The van der Waals surface area contributed by atoms with Gasteiger partial charge in [0, 0.05) is 5.25 Å². The van der Waals surface area contributed by atoms with Crippen LogP contribution in [0, 0.1) is 0 Å². The zero-order valence-corrected chi connectivity index (χ0v) is 22.7. The summed E-state index contributed by atoms with van der Waals surface area (Å²) in [4.78, 5) is 0. The molecule has 0 heterocycles. The van der Waals surface area contributed by atoms with Crippen LogP contribution in [0.15, 0.2) is 0 Å². The first-order valence-corrected chi connectivity index (χ1v) is 19.2. The Hall–Kier alpha value is 2.10. The van der Waals surface area contributed by atoms with Crippen LogP contribution in [0.4, 0.5) is 0 Å². The molecule has 0 amide bonds. The molecule has 0 aromatic heterocycles. The average Bonchev–Trinajstić information content (AvgIpc) is 2.55. The first kappa shape index (κ1) is 27.1. The third kappa shape index (κ3) is 15.5. The van der Waals surface area contributed by atoms with Crippen molar-refractivity contribution >= 4 is 61.8 Å². The van der Waals surface area contributed by atoms with Crippen molar-refractivity contribution in [3.8, 4) is 0 Å². The molecular formula is C21H46S6. The molecule has 0 bridgehead atoms. The number of hydrogen-bond acceptors (Lipinski definition) is 5. The predicted molar refractivity (Wildman–Crippen MR) is 149 cm³/mol. The zero-order valence-electron chi connectivity index (χ0n) is 17.4. The Balaban J connectivity index is 2.45. The van der Waals surface area contributed by atoms with E-state index in [2.05, 4.69) is 0 Å². The summed E-state index contributed by atoms with van der Waals surface area (Å²) in [5.41, 5.74) is 0. The first-order chi connectivity index (χ1) is 12.6. The molecule has 0 aliphatic heterocycles. The molecule has 1 saturated carbocycles. The van der Waals surface area contributed by atoms with Gasteiger partial charge in [-0.15, -0.1) is 61.8 Å². The van der Waals surface area contributed by atoms with Gasteiger partial charge in [-0.05, 0) is 12.8 Å². The topological polar surface area (TPSA) is 0 Å². The summed E-state index contributed by atoms with van der Waals surface area (Å²) in [5, 5.41) is 0.278. The standard InChI is InChI=1S/C21H46S6/c22-27(23,24,25,26)21-19-17-15-13-11-9-7-5-3-1-2-4-6-8-10-12-14-16-18-20-21/h21-26H,1-20H2. The maximum Gasteiger partial charge on any atom is 0.0140 e. The number of hydrogen-bond donors (Lipinski definition) is 5. The van der Waals surface area contributed by atoms with Crippen LogP contribution < -0.4 is 0 Å². The van der Waals surface area contributed by atoms with Crippen molar-refractivity contribution in [1.82, 2.24) is 0 Å². The van der Waals surface area contributed by atoms with Crippen LogP contribution in [-0.2, 0) is 0 Å². The van der Waals surface area contributed by atoms with Crippen molar-refractivity contribution in [3.05, 3.63) is 0 Å². The molecule has 166 valence electrons. The zero-order chi connectivity index (χ0) is 20.1. The lowest BCUT2D eigenvalue weighted by atomic mass is 10.0. The summed E-state index contributed by atoms with van der Waals surface area (Å²) < 4.78 is -3.39. The molecule has 27 heavy (non-hydrogen) atoms. The lowest BCUT2D eigenvalue weighted by molar-refractivity contribution is 0.526. The molecule has 0 N–H and O–H groups in total. The highest BCUT2D eigenvalue weighted by Gasteiger charge is 2.49. The van der Waals surface area contributed by atoms with Crippen LogP contribution >= 0.6 is 61.8 Å². The van der Waals surface area contributed by atoms with E-state index in [4.69, 9.17) is 58.3 Å². The van der Waals surface area contributed by atoms with Gasteiger partial charge < -0.3 is 0 Å². The highest BCUT2D eigenvalue weighted by Crippen LogP contribution is 3.10. The van der Waals surface area contributed by atoms with Gasteiger partial charge in [0.25, 0.3) is 0 Å². The molecule has 0 nitrogen and oxygen atoms in total. The van der Waals surface area contributed by atoms with Crippen LogP contribution in [0.3, 0.4) is 0 Å². The molecule has 0 unspecified atom stereocenters. The molecule has 1 aliphatic carbocycles. The minimum Gasteiger partial charge on any atom is -0.112 e. The Kier molecular flexibility index (Phi) is 12.9. The van der Waals surface area contributed by atoms with E-state index >= 15 is 0 Å². The average molecular weight is 491 g/mol. The van der Waals surface area contributed by atoms with Crippen LogP contribution in [0.2, 0.25) is 0 Å². The number of thiol groups is 5. The van der Waals surface area contributed by atoms with Crippen molar-refractivity contribution in [1.29, 1.82) is 0 Å². The van der Waals surface area contributed by atoms with E-state index in [1.165, 1.54) is 116 Å². The molecule has 0 atom stereocenters. The van der Waals surface area contributed by atoms with E-state index in [1.807, 2.05) is 0 Å². The summed E-state index contributed by atoms with van der Waals surface area (Å²) in [6.07, 6.45) is 27.1. The van der Waals surface area contributed by atoms with Gasteiger partial charge in [0.15, 0.2) is 0 Å². The van der Waals surface area contributed by atoms with Gasteiger partial charge in [-0.3, -0.25) is 0 Å². The smallest absolute Gasteiger partial charge is 0.0140 e. The SMILES string of the molecule is SS(S)(S)(S)(S)C1CCCCCCCCCCCCCCCCCCCC1. The second-order valence-corrected chi connectivity index (χ2v) is 35.0. The molecule has 1 aliphatic rings. The van der Waals surface area contributed by atoms with Crippen molar-refractivity contribution in [2.75, 3.05) is 0 Å². The third-order valence-corrected chi connectivity index (χ3v) is 12.5. The summed E-state index contributed by atoms with van der Waals surface area (Å²) in [7, 11) is 0. The molecule has 1 rings (SSSR count). The minimum absolute atomic E-state index is 0.278. The number of rotatable bonds is 1. The predicted octanol–water partition coefficient (Wildman–Crippen LogP) is 10.3. The third-order valence-electron chi connectivity index (χ3n) is 6.05. The van der Waals surface area contributed by atoms with Gasteiger partial charge in [-0.2, -0.15) is 0 Å². The Morgan fingerprint density at radius 3 is 0.704 bits per heavy atom. The molecule has 0 spiro atoms. The molecule has 1 fully saturated rings. The van der Waals surface area contributed by atoms with E-state index in [1.54, 1.807) is 0 Å². The maximum absolute atomic E-state index is 4.81. The monoisotopic (exact) mass is 490 g/mol. The van der Waals surface area contributed by atoms with Gasteiger partial charge in [-0.1, -0.05) is 116 Å². The second-order valence-electron chi connectivity index (χ2n) is 8.91. The van der Waals surface area contributed by atoms with Gasteiger partial charge in [0.2, 0.25) is 0 Å². The van der Waals surface area contributed by atoms with Gasteiger partial charge >= 0.3 is 0 Å². The van der Waals surface area contributed by atoms with Gasteiger partial charge in [-0.25, -0.2) is 0 Å². The van der Waals surface area contributed by atoms with Gasteiger partial charge in [0.1, 0.15) is 0 Å². The van der Waals surface area contributed by atoms with Crippen LogP contribution in [-0.4, -0.2) is 5.25 Å². The van der Waals surface area contributed by atoms with E-state index in [0.29, 0.717) is 0 Å². The summed E-state index contributed by atoms with van der Waals surface area (Å²) in [5.74, 6) is 0. The Labute approximate surface area is 194 Å². The maximum atomic E-state index is 4.81. The molecule has 0 saturated heterocycles. The van der Waals surface area contributed by atoms with E-state index in [-0.39, 0.29) is 5.25 Å². The Morgan fingerprint density at radius 1 is 0.333 bits per heavy atom. The van der Waals surface area contributed by atoms with Crippen molar-refractivity contribution < 1.29 is 0 Å². The second kappa shape index (κ2) is 12.8. The van der Waals surface area contributed by atoms with Crippen molar-refractivity contribution in [2.45, 2.75) is 134 Å². The molecule has 0 radical (unpaired) electrons. The molecule has 0 aromatic rings. The lowest BCUT2D eigenvalue weighted by Gasteiger charge is -2.65. The normalized spacial score (nSPS) is 25.7. The van der Waals surface area contributed by atoms with Crippen molar-refractivity contribution in [2.24, 2.45) is 0 Å². The van der Waals surface area contributed by atoms with Crippen molar-refractivity contribution in [3.63, 3.8) is 0 Å². The highest BCUT2D eigenvalue weighted by molar-refractivity contribution is 9.90. The summed E-state index contributed by atoms with van der Waals surface area (Å²) in [6, 6.07) is 0. The Bertz CT molecular complexity index is 353. The van der Waals surface area contributed by atoms with E-state index in [0.717, 1.165) is 12.8 Å². The molecule has 6 heteroatoms. The summed E-state index contributed by atoms with van der Waals surface area (Å²) in [6.45, 7) is 0.